The third kappa shape index (κ3) is 2.45. The second kappa shape index (κ2) is 4.31. The number of sulfone groups is 1. The van der Waals surface area contributed by atoms with E-state index >= 15 is 0 Å². The maximum absolute atomic E-state index is 11.4. The Morgan fingerprint density at radius 3 is 2.94 bits per heavy atom. The average Bonchev–Trinajstić information content (AvgIpc) is 2.63. The fourth-order valence-electron chi connectivity index (χ4n) is 1.95. The zero-order valence-electron chi connectivity index (χ0n) is 9.16. The third-order valence-corrected chi connectivity index (χ3v) is 6.08. The van der Waals surface area contributed by atoms with Crippen molar-refractivity contribution in [2.45, 2.75) is 17.7 Å². The van der Waals surface area contributed by atoms with Crippen LogP contribution in [0.4, 0.5) is 0 Å². The van der Waals surface area contributed by atoms with E-state index in [-0.39, 0.29) is 29.2 Å². The first-order valence-corrected chi connectivity index (χ1v) is 7.71. The highest BCUT2D eigenvalue weighted by atomic mass is 32.2. The number of amidine groups is 1. The predicted octanol–water partition coefficient (Wildman–Crippen LogP) is -0.373. The molecule has 1 amide bonds. The summed E-state index contributed by atoms with van der Waals surface area (Å²) >= 11 is 1.31. The predicted molar refractivity (Wildman–Crippen MR) is 64.3 cm³/mol. The van der Waals surface area contributed by atoms with E-state index in [1.54, 1.807) is 18.0 Å². The molecule has 2 rings (SSSR count). The van der Waals surface area contributed by atoms with Gasteiger partial charge in [-0.15, -0.1) is 0 Å². The molecule has 0 aromatic carbocycles. The molecule has 8 heteroatoms. The molecule has 2 saturated heterocycles. The molecule has 0 N–H and O–H groups in total. The summed E-state index contributed by atoms with van der Waals surface area (Å²) in [6.07, 6.45) is -0.245. The Morgan fingerprint density at radius 1 is 1.65 bits per heavy atom. The molecule has 17 heavy (non-hydrogen) atoms. The number of hydrogen-bond donors (Lipinski definition) is 0. The summed E-state index contributed by atoms with van der Waals surface area (Å²) in [6, 6.07) is 1.64. The van der Waals surface area contributed by atoms with Crippen LogP contribution in [-0.4, -0.2) is 54.2 Å². The first-order valence-electron chi connectivity index (χ1n) is 5.01. The topological polar surface area (TPSA) is 90.6 Å². The number of rotatable bonds is 1. The van der Waals surface area contributed by atoms with Crippen molar-refractivity contribution >= 4 is 32.7 Å². The van der Waals surface area contributed by atoms with Crippen molar-refractivity contribution < 1.29 is 13.2 Å². The summed E-state index contributed by atoms with van der Waals surface area (Å²) in [5.41, 5.74) is 0. The third-order valence-electron chi connectivity index (χ3n) is 2.78. The van der Waals surface area contributed by atoms with E-state index in [2.05, 4.69) is 4.99 Å². The van der Waals surface area contributed by atoms with Crippen molar-refractivity contribution in [3.05, 3.63) is 0 Å². The van der Waals surface area contributed by atoms with Crippen LogP contribution in [0.25, 0.3) is 0 Å². The Morgan fingerprint density at radius 2 is 2.35 bits per heavy atom. The monoisotopic (exact) mass is 273 g/mol. The number of nitriles is 1. The summed E-state index contributed by atoms with van der Waals surface area (Å²) in [5.74, 6) is -0.227. The quantitative estimate of drug-likeness (QED) is 0.647. The van der Waals surface area contributed by atoms with Crippen LogP contribution in [0, 0.1) is 11.3 Å². The Bertz CT molecular complexity index is 520. The highest BCUT2D eigenvalue weighted by molar-refractivity contribution is 8.15. The summed E-state index contributed by atoms with van der Waals surface area (Å²) in [5, 5.41) is 8.85. The van der Waals surface area contributed by atoms with Gasteiger partial charge in [-0.1, -0.05) is 11.8 Å². The molecule has 2 aliphatic rings. The SMILES string of the molecule is CN1C(=NC(=O)CC#N)S[C@H]2CS(=O)(=O)C[C@@H]21. The van der Waals surface area contributed by atoms with Gasteiger partial charge in [0.15, 0.2) is 15.0 Å². The molecular weight excluding hydrogens is 262 g/mol. The molecule has 2 atom stereocenters. The summed E-state index contributed by atoms with van der Waals surface area (Å²) in [4.78, 5) is 16.8. The number of aliphatic imine (C=N–C) groups is 1. The zero-order chi connectivity index (χ0) is 12.6. The van der Waals surface area contributed by atoms with Crippen molar-refractivity contribution in [2.75, 3.05) is 18.6 Å². The minimum atomic E-state index is -2.96. The van der Waals surface area contributed by atoms with Gasteiger partial charge in [0.05, 0.1) is 23.6 Å². The second-order valence-corrected chi connectivity index (χ2v) is 7.39. The molecule has 2 fully saturated rings. The molecule has 0 saturated carbocycles. The fraction of sp³-hybridized carbons (Fsp3) is 0.667. The first-order chi connectivity index (χ1) is 7.93. The van der Waals surface area contributed by atoms with E-state index in [0.29, 0.717) is 5.17 Å². The first kappa shape index (κ1) is 12.4. The second-order valence-electron chi connectivity index (χ2n) is 4.03. The standard InChI is InChI=1S/C9H11N3O3S2/c1-12-6-4-17(14,15)5-7(6)16-9(12)11-8(13)2-3-10/h6-7H,2,4-5H2,1H3/t6-,7-/m0/s1. The maximum atomic E-state index is 11.4. The molecule has 0 radical (unpaired) electrons. The van der Waals surface area contributed by atoms with Gasteiger partial charge in [-0.3, -0.25) is 4.79 Å². The van der Waals surface area contributed by atoms with Crippen LogP contribution in [0.2, 0.25) is 0 Å². The van der Waals surface area contributed by atoms with E-state index in [0.717, 1.165) is 0 Å². The van der Waals surface area contributed by atoms with E-state index in [9.17, 15) is 13.2 Å². The lowest BCUT2D eigenvalue weighted by molar-refractivity contribution is -0.116. The Balaban J connectivity index is 2.14. The lowest BCUT2D eigenvalue weighted by Crippen LogP contribution is -2.34. The lowest BCUT2D eigenvalue weighted by Gasteiger charge is -2.17. The number of thioether (sulfide) groups is 1. The van der Waals surface area contributed by atoms with Crippen molar-refractivity contribution in [3.8, 4) is 6.07 Å². The molecule has 2 heterocycles. The number of hydrogen-bond acceptors (Lipinski definition) is 5. The highest BCUT2D eigenvalue weighted by Crippen LogP contribution is 2.36. The Kier molecular flexibility index (Phi) is 3.14. The molecule has 0 spiro atoms. The number of nitrogens with zero attached hydrogens (tertiary/aromatic N) is 3. The van der Waals surface area contributed by atoms with E-state index < -0.39 is 15.7 Å². The van der Waals surface area contributed by atoms with E-state index in [1.807, 2.05) is 0 Å². The lowest BCUT2D eigenvalue weighted by atomic mass is 10.2. The van der Waals surface area contributed by atoms with Gasteiger partial charge in [-0.25, -0.2) is 8.42 Å². The fourth-order valence-corrected chi connectivity index (χ4v) is 5.96. The van der Waals surface area contributed by atoms with Crippen LogP contribution < -0.4 is 0 Å². The summed E-state index contributed by atoms with van der Waals surface area (Å²) < 4.78 is 22.9. The normalized spacial score (nSPS) is 32.5. The van der Waals surface area contributed by atoms with Crippen LogP contribution in [0.1, 0.15) is 6.42 Å². The van der Waals surface area contributed by atoms with Gasteiger partial charge < -0.3 is 4.90 Å². The number of fused-ring (bicyclic) bond motifs is 1. The summed E-state index contributed by atoms with van der Waals surface area (Å²) in [7, 11) is -1.22. The Hall–Kier alpha value is -1.07. The van der Waals surface area contributed by atoms with Crippen molar-refractivity contribution in [3.63, 3.8) is 0 Å². The van der Waals surface area contributed by atoms with Gasteiger partial charge in [-0.2, -0.15) is 10.3 Å². The molecule has 0 aliphatic carbocycles. The van der Waals surface area contributed by atoms with Crippen LogP contribution in [-0.2, 0) is 14.6 Å². The highest BCUT2D eigenvalue weighted by Gasteiger charge is 2.47. The van der Waals surface area contributed by atoms with E-state index in [1.165, 1.54) is 11.8 Å². The van der Waals surface area contributed by atoms with Gasteiger partial charge in [0.1, 0.15) is 6.42 Å². The van der Waals surface area contributed by atoms with Crippen molar-refractivity contribution in [1.29, 1.82) is 5.26 Å². The van der Waals surface area contributed by atoms with Crippen LogP contribution in [0.5, 0.6) is 0 Å². The van der Waals surface area contributed by atoms with Crippen LogP contribution >= 0.6 is 11.8 Å². The van der Waals surface area contributed by atoms with Crippen LogP contribution in [0.15, 0.2) is 4.99 Å². The largest absolute Gasteiger partial charge is 0.349 e. The van der Waals surface area contributed by atoms with Gasteiger partial charge in [0, 0.05) is 12.3 Å². The van der Waals surface area contributed by atoms with Crippen molar-refractivity contribution in [1.82, 2.24) is 4.90 Å². The average molecular weight is 273 g/mol. The van der Waals surface area contributed by atoms with Gasteiger partial charge in [0.25, 0.3) is 5.91 Å². The molecule has 0 aromatic heterocycles. The number of amides is 1. The molecule has 2 aliphatic heterocycles. The molecule has 0 bridgehead atoms. The van der Waals surface area contributed by atoms with Gasteiger partial charge >= 0.3 is 0 Å². The molecular formula is C9H11N3O3S2. The molecule has 0 unspecified atom stereocenters. The van der Waals surface area contributed by atoms with Gasteiger partial charge in [0.2, 0.25) is 0 Å². The molecule has 0 aromatic rings. The Labute approximate surface area is 104 Å². The zero-order valence-corrected chi connectivity index (χ0v) is 10.8. The maximum Gasteiger partial charge on any atom is 0.262 e. The van der Waals surface area contributed by atoms with Crippen molar-refractivity contribution in [2.24, 2.45) is 4.99 Å². The number of carbonyl (C=O) groups excluding carboxylic acids is 1. The minimum absolute atomic E-state index is 0.0429. The summed E-state index contributed by atoms with van der Waals surface area (Å²) in [6.45, 7) is 0. The minimum Gasteiger partial charge on any atom is -0.349 e. The van der Waals surface area contributed by atoms with E-state index in [4.69, 9.17) is 5.26 Å². The van der Waals surface area contributed by atoms with Crippen LogP contribution in [0.3, 0.4) is 0 Å². The number of carbonyl (C=O) groups is 1. The molecule has 92 valence electrons. The molecule has 6 nitrogen and oxygen atoms in total. The van der Waals surface area contributed by atoms with Gasteiger partial charge in [-0.05, 0) is 0 Å². The smallest absolute Gasteiger partial charge is 0.262 e.